The van der Waals surface area contributed by atoms with Crippen LogP contribution in [0.15, 0.2) is 0 Å². The van der Waals surface area contributed by atoms with Crippen molar-refractivity contribution in [3.05, 3.63) is 4.88 Å². The van der Waals surface area contributed by atoms with E-state index in [0.29, 0.717) is 22.6 Å². The lowest BCUT2D eigenvalue weighted by Gasteiger charge is -2.15. The summed E-state index contributed by atoms with van der Waals surface area (Å²) in [6, 6.07) is 0.467. The molecule has 7 nitrogen and oxygen atoms in total. The molecule has 2 rings (SSSR count). The van der Waals surface area contributed by atoms with Crippen molar-refractivity contribution in [1.29, 1.82) is 0 Å². The Labute approximate surface area is 121 Å². The molecule has 1 fully saturated rings. The Bertz CT molecular complexity index is 512. The van der Waals surface area contributed by atoms with Gasteiger partial charge in [-0.25, -0.2) is 4.98 Å². The largest absolute Gasteiger partial charge is 0.382 e. The number of thiazole rings is 1. The number of aromatic nitrogens is 1. The quantitative estimate of drug-likeness (QED) is 0.710. The zero-order valence-corrected chi connectivity index (χ0v) is 12.4. The number of nitrogens with zero attached hydrogens (tertiary/aromatic N) is 2. The molecule has 20 heavy (non-hydrogen) atoms. The Morgan fingerprint density at radius 1 is 1.50 bits per heavy atom. The Kier molecular flexibility index (Phi) is 4.43. The molecular formula is C12H19N5O2S. The molecule has 4 N–H and O–H groups in total. The molecule has 110 valence electrons. The van der Waals surface area contributed by atoms with Crippen LogP contribution in [-0.4, -0.2) is 48.4 Å². The second-order valence-electron chi connectivity index (χ2n) is 4.80. The fourth-order valence-corrected chi connectivity index (χ4v) is 2.57. The van der Waals surface area contributed by atoms with E-state index >= 15 is 0 Å². The van der Waals surface area contributed by atoms with E-state index in [1.54, 1.807) is 14.1 Å². The SMILES string of the molecule is CNC(=O)CCN(C)C(=O)c1sc(NC2CC2)nc1N. The minimum absolute atomic E-state index is 0.0991. The van der Waals surface area contributed by atoms with Crippen molar-refractivity contribution in [1.82, 2.24) is 15.2 Å². The fraction of sp³-hybridized carbons (Fsp3) is 0.583. The minimum Gasteiger partial charge on any atom is -0.382 e. The number of hydrogen-bond acceptors (Lipinski definition) is 6. The van der Waals surface area contributed by atoms with Gasteiger partial charge in [0.25, 0.3) is 5.91 Å². The highest BCUT2D eigenvalue weighted by molar-refractivity contribution is 7.18. The molecule has 1 aromatic heterocycles. The lowest BCUT2D eigenvalue weighted by atomic mass is 10.3. The van der Waals surface area contributed by atoms with Crippen LogP contribution in [0.2, 0.25) is 0 Å². The van der Waals surface area contributed by atoms with Gasteiger partial charge in [-0.1, -0.05) is 11.3 Å². The van der Waals surface area contributed by atoms with Crippen molar-refractivity contribution >= 4 is 34.1 Å². The zero-order chi connectivity index (χ0) is 14.7. The summed E-state index contributed by atoms with van der Waals surface area (Å²) in [6.07, 6.45) is 2.54. The summed E-state index contributed by atoms with van der Waals surface area (Å²) in [6.45, 7) is 0.348. The van der Waals surface area contributed by atoms with E-state index in [9.17, 15) is 9.59 Å². The van der Waals surface area contributed by atoms with Crippen LogP contribution in [-0.2, 0) is 4.79 Å². The lowest BCUT2D eigenvalue weighted by molar-refractivity contribution is -0.120. The molecule has 0 spiro atoms. The van der Waals surface area contributed by atoms with E-state index in [1.807, 2.05) is 0 Å². The number of nitrogens with two attached hydrogens (primary N) is 1. The summed E-state index contributed by atoms with van der Waals surface area (Å²) in [5.74, 6) is -0.0549. The number of nitrogen functional groups attached to an aromatic ring is 1. The number of nitrogens with one attached hydrogen (secondary N) is 2. The highest BCUT2D eigenvalue weighted by Gasteiger charge is 2.25. The highest BCUT2D eigenvalue weighted by atomic mass is 32.1. The molecule has 0 aromatic carbocycles. The molecule has 8 heteroatoms. The summed E-state index contributed by atoms with van der Waals surface area (Å²) in [5.41, 5.74) is 5.79. The van der Waals surface area contributed by atoms with Crippen molar-refractivity contribution in [3.8, 4) is 0 Å². The van der Waals surface area contributed by atoms with Crippen LogP contribution in [0.5, 0.6) is 0 Å². The summed E-state index contributed by atoms with van der Waals surface area (Å²) in [5, 5.41) is 6.43. The van der Waals surface area contributed by atoms with Crippen LogP contribution in [0.4, 0.5) is 10.9 Å². The van der Waals surface area contributed by atoms with Crippen LogP contribution in [0.3, 0.4) is 0 Å². The van der Waals surface area contributed by atoms with E-state index in [0.717, 1.165) is 12.8 Å². The predicted molar refractivity (Wildman–Crippen MR) is 78.8 cm³/mol. The van der Waals surface area contributed by atoms with Crippen molar-refractivity contribution in [2.75, 3.05) is 31.7 Å². The number of hydrogen-bond donors (Lipinski definition) is 3. The molecule has 1 aliphatic rings. The lowest BCUT2D eigenvalue weighted by Crippen LogP contribution is -2.31. The van der Waals surface area contributed by atoms with Gasteiger partial charge in [-0.05, 0) is 12.8 Å². The molecule has 0 bridgehead atoms. The number of amides is 2. The number of anilines is 2. The molecule has 0 unspecified atom stereocenters. The Morgan fingerprint density at radius 2 is 2.20 bits per heavy atom. The monoisotopic (exact) mass is 297 g/mol. The van der Waals surface area contributed by atoms with Crippen LogP contribution in [0.25, 0.3) is 0 Å². The number of carbonyl (C=O) groups is 2. The van der Waals surface area contributed by atoms with E-state index in [4.69, 9.17) is 5.73 Å². The first-order valence-electron chi connectivity index (χ1n) is 6.50. The van der Waals surface area contributed by atoms with E-state index in [2.05, 4.69) is 15.6 Å². The van der Waals surface area contributed by atoms with Gasteiger partial charge in [-0.2, -0.15) is 0 Å². The van der Waals surface area contributed by atoms with Gasteiger partial charge in [0, 0.05) is 33.1 Å². The molecule has 1 aromatic rings. The van der Waals surface area contributed by atoms with Gasteiger partial charge in [0.15, 0.2) is 5.13 Å². The first-order valence-corrected chi connectivity index (χ1v) is 7.31. The fourth-order valence-electron chi connectivity index (χ4n) is 1.62. The van der Waals surface area contributed by atoms with E-state index in [-0.39, 0.29) is 24.1 Å². The van der Waals surface area contributed by atoms with Gasteiger partial charge in [0.1, 0.15) is 10.7 Å². The molecular weight excluding hydrogens is 278 g/mol. The van der Waals surface area contributed by atoms with E-state index < -0.39 is 0 Å². The average molecular weight is 297 g/mol. The maximum absolute atomic E-state index is 12.2. The maximum atomic E-state index is 12.2. The molecule has 1 saturated carbocycles. The van der Waals surface area contributed by atoms with Crippen LogP contribution >= 0.6 is 11.3 Å². The third-order valence-corrected chi connectivity index (χ3v) is 4.04. The van der Waals surface area contributed by atoms with Crippen molar-refractivity contribution in [2.24, 2.45) is 0 Å². The molecule has 1 aliphatic carbocycles. The maximum Gasteiger partial charge on any atom is 0.267 e. The standard InChI is InChI=1S/C12H19N5O2S/c1-14-8(18)5-6-17(2)11(19)9-10(13)16-12(20-9)15-7-3-4-7/h7H,3-6,13H2,1-2H3,(H,14,18)(H,15,16). The predicted octanol–water partition coefficient (Wildman–Crippen LogP) is 0.508. The minimum atomic E-state index is -0.201. The number of rotatable bonds is 6. The molecule has 0 aliphatic heterocycles. The molecule has 0 saturated heterocycles. The molecule has 0 atom stereocenters. The van der Waals surface area contributed by atoms with Gasteiger partial charge in [0.2, 0.25) is 5.91 Å². The van der Waals surface area contributed by atoms with Crippen molar-refractivity contribution in [2.45, 2.75) is 25.3 Å². The zero-order valence-electron chi connectivity index (χ0n) is 11.6. The van der Waals surface area contributed by atoms with Gasteiger partial charge >= 0.3 is 0 Å². The molecule has 2 amide bonds. The van der Waals surface area contributed by atoms with Crippen molar-refractivity contribution < 1.29 is 9.59 Å². The first-order chi connectivity index (χ1) is 9.51. The number of carbonyl (C=O) groups excluding carboxylic acids is 2. The summed E-state index contributed by atoms with van der Waals surface area (Å²) in [4.78, 5) is 29.5. The smallest absolute Gasteiger partial charge is 0.267 e. The van der Waals surface area contributed by atoms with Crippen LogP contribution in [0.1, 0.15) is 28.9 Å². The summed E-state index contributed by atoms with van der Waals surface area (Å²) >= 11 is 1.27. The van der Waals surface area contributed by atoms with Crippen LogP contribution in [0, 0.1) is 0 Å². The third kappa shape index (κ3) is 3.60. The highest BCUT2D eigenvalue weighted by Crippen LogP contribution is 2.31. The molecule has 1 heterocycles. The molecule has 0 radical (unpaired) electrons. The second-order valence-corrected chi connectivity index (χ2v) is 5.80. The topological polar surface area (TPSA) is 100 Å². The van der Waals surface area contributed by atoms with Crippen molar-refractivity contribution in [3.63, 3.8) is 0 Å². The second kappa shape index (κ2) is 6.08. The van der Waals surface area contributed by atoms with Crippen LogP contribution < -0.4 is 16.4 Å². The van der Waals surface area contributed by atoms with Gasteiger partial charge in [0.05, 0.1) is 0 Å². The Hall–Kier alpha value is -1.83. The Morgan fingerprint density at radius 3 is 2.80 bits per heavy atom. The average Bonchev–Trinajstić information content (AvgIpc) is 3.16. The van der Waals surface area contributed by atoms with Gasteiger partial charge in [-0.3, -0.25) is 9.59 Å². The Balaban J connectivity index is 1.96. The first kappa shape index (κ1) is 14.6. The summed E-state index contributed by atoms with van der Waals surface area (Å²) < 4.78 is 0. The van der Waals surface area contributed by atoms with Gasteiger partial charge in [-0.15, -0.1) is 0 Å². The normalized spacial score (nSPS) is 13.9. The summed E-state index contributed by atoms with van der Waals surface area (Å²) in [7, 11) is 3.22. The van der Waals surface area contributed by atoms with E-state index in [1.165, 1.54) is 16.2 Å². The third-order valence-electron chi connectivity index (χ3n) is 3.05. The van der Waals surface area contributed by atoms with Gasteiger partial charge < -0.3 is 21.3 Å².